The van der Waals surface area contributed by atoms with Crippen molar-refractivity contribution in [2.45, 2.75) is 13.8 Å². The smallest absolute Gasteiger partial charge is 0.312 e. The first-order valence-electron chi connectivity index (χ1n) is 4.82. The number of oxazole rings is 1. The van der Waals surface area contributed by atoms with Crippen LogP contribution in [-0.4, -0.2) is 15.9 Å². The summed E-state index contributed by atoms with van der Waals surface area (Å²) in [6.45, 7) is 3.60. The molecule has 1 N–H and O–H groups in total. The van der Waals surface area contributed by atoms with E-state index < -0.39 is 5.91 Å². The molecule has 0 aliphatic carbocycles. The van der Waals surface area contributed by atoms with Gasteiger partial charge < -0.3 is 9.73 Å². The molecule has 0 aliphatic rings. The lowest BCUT2D eigenvalue weighted by molar-refractivity contribution is 0.0988. The molecule has 0 saturated carbocycles. The minimum absolute atomic E-state index is 0.0440. The van der Waals surface area contributed by atoms with Crippen LogP contribution in [0.3, 0.4) is 0 Å². The minimum Gasteiger partial charge on any atom is -0.438 e. The molecule has 0 bridgehead atoms. The Morgan fingerprint density at radius 1 is 1.38 bits per heavy atom. The summed E-state index contributed by atoms with van der Waals surface area (Å²) in [4.78, 5) is 19.6. The fourth-order valence-corrected chi connectivity index (χ4v) is 1.24. The van der Waals surface area contributed by atoms with Gasteiger partial charge in [-0.2, -0.15) is 0 Å². The van der Waals surface area contributed by atoms with Gasteiger partial charge in [0, 0.05) is 6.20 Å². The van der Waals surface area contributed by atoms with Crippen molar-refractivity contribution in [2.24, 2.45) is 0 Å². The van der Waals surface area contributed by atoms with Gasteiger partial charge >= 0.3 is 5.91 Å². The van der Waals surface area contributed by atoms with Gasteiger partial charge in [0.25, 0.3) is 5.89 Å². The Bertz CT molecular complexity index is 519. The highest BCUT2D eigenvalue weighted by atomic mass is 16.4. The molecule has 0 radical (unpaired) electrons. The van der Waals surface area contributed by atoms with Gasteiger partial charge in [0.2, 0.25) is 0 Å². The van der Waals surface area contributed by atoms with E-state index in [9.17, 15) is 4.79 Å². The van der Waals surface area contributed by atoms with Gasteiger partial charge in [-0.05, 0) is 25.5 Å². The Kier molecular flexibility index (Phi) is 2.68. The lowest BCUT2D eigenvalue weighted by Crippen LogP contribution is -2.14. The van der Waals surface area contributed by atoms with Crippen LogP contribution >= 0.6 is 0 Å². The third-order valence-corrected chi connectivity index (χ3v) is 2.06. The van der Waals surface area contributed by atoms with Gasteiger partial charge in [-0.3, -0.25) is 4.79 Å². The van der Waals surface area contributed by atoms with Crippen molar-refractivity contribution in [1.29, 1.82) is 0 Å². The number of carbonyl (C=O) groups excluding carboxylic acids is 1. The fraction of sp³-hybridized carbons (Fsp3) is 0.182. The van der Waals surface area contributed by atoms with E-state index in [1.54, 1.807) is 19.2 Å². The summed E-state index contributed by atoms with van der Waals surface area (Å²) in [5, 5.41) is 2.63. The maximum absolute atomic E-state index is 11.7. The zero-order valence-corrected chi connectivity index (χ0v) is 9.02. The molecule has 2 aromatic heterocycles. The molecule has 0 aliphatic heterocycles. The van der Waals surface area contributed by atoms with E-state index in [-0.39, 0.29) is 5.89 Å². The summed E-state index contributed by atoms with van der Waals surface area (Å²) in [6.07, 6.45) is 3.11. The fourth-order valence-electron chi connectivity index (χ4n) is 1.24. The largest absolute Gasteiger partial charge is 0.438 e. The molecule has 0 spiro atoms. The lowest BCUT2D eigenvalue weighted by Gasteiger charge is -2.03. The van der Waals surface area contributed by atoms with E-state index in [0.29, 0.717) is 11.6 Å². The zero-order chi connectivity index (χ0) is 11.5. The van der Waals surface area contributed by atoms with Crippen LogP contribution in [0.25, 0.3) is 0 Å². The third kappa shape index (κ3) is 2.08. The average molecular weight is 217 g/mol. The van der Waals surface area contributed by atoms with E-state index in [0.717, 1.165) is 5.56 Å². The number of amides is 1. The molecular formula is C11H11N3O2. The number of anilines is 1. The van der Waals surface area contributed by atoms with Gasteiger partial charge in [-0.15, -0.1) is 0 Å². The second-order valence-electron chi connectivity index (χ2n) is 3.40. The van der Waals surface area contributed by atoms with Crippen molar-refractivity contribution < 1.29 is 9.21 Å². The van der Waals surface area contributed by atoms with E-state index in [2.05, 4.69) is 15.3 Å². The van der Waals surface area contributed by atoms with Gasteiger partial charge in [0.05, 0.1) is 6.20 Å². The highest BCUT2D eigenvalue weighted by Gasteiger charge is 2.13. The molecular weight excluding hydrogens is 206 g/mol. The van der Waals surface area contributed by atoms with E-state index in [4.69, 9.17) is 4.42 Å². The normalized spacial score (nSPS) is 10.1. The molecule has 82 valence electrons. The maximum Gasteiger partial charge on any atom is 0.312 e. The Labute approximate surface area is 92.5 Å². The van der Waals surface area contributed by atoms with Crippen LogP contribution in [0, 0.1) is 13.8 Å². The first kappa shape index (κ1) is 10.4. The molecule has 1 amide bonds. The number of aryl methyl sites for hydroxylation is 2. The number of nitrogens with one attached hydrogen (secondary N) is 1. The van der Waals surface area contributed by atoms with Crippen molar-refractivity contribution in [1.82, 2.24) is 9.97 Å². The Hall–Kier alpha value is -2.17. The van der Waals surface area contributed by atoms with E-state index >= 15 is 0 Å². The van der Waals surface area contributed by atoms with Crippen LogP contribution < -0.4 is 5.32 Å². The van der Waals surface area contributed by atoms with Gasteiger partial charge in [-0.1, -0.05) is 6.07 Å². The van der Waals surface area contributed by atoms with Crippen LogP contribution in [0.5, 0.6) is 0 Å². The molecule has 5 heteroatoms. The summed E-state index contributed by atoms with van der Waals surface area (Å²) in [5.41, 5.74) is 0.888. The lowest BCUT2D eigenvalue weighted by atomic mass is 10.3. The predicted molar refractivity (Wildman–Crippen MR) is 58.2 cm³/mol. The van der Waals surface area contributed by atoms with E-state index in [1.807, 2.05) is 13.0 Å². The standard InChI is InChI=1S/C11H11N3O2/c1-7-4-3-5-12-9(7)14-10(15)11-13-6-8(2)16-11/h3-6H,1-2H3,(H,12,14,15). The SMILES string of the molecule is Cc1cnc(C(=O)Nc2ncccc2C)o1. The molecule has 0 saturated heterocycles. The molecule has 2 aromatic rings. The van der Waals surface area contributed by atoms with Gasteiger partial charge in [0.1, 0.15) is 11.6 Å². The first-order chi connectivity index (χ1) is 7.66. The quantitative estimate of drug-likeness (QED) is 0.834. The summed E-state index contributed by atoms with van der Waals surface area (Å²) in [6, 6.07) is 3.67. The second kappa shape index (κ2) is 4.14. The zero-order valence-electron chi connectivity index (χ0n) is 9.02. The molecule has 0 fully saturated rings. The Morgan fingerprint density at radius 3 is 2.81 bits per heavy atom. The minimum atomic E-state index is -0.394. The molecule has 16 heavy (non-hydrogen) atoms. The summed E-state index contributed by atoms with van der Waals surface area (Å²) in [5.74, 6) is 0.767. The van der Waals surface area contributed by atoms with Crippen LogP contribution in [0.15, 0.2) is 28.9 Å². The number of rotatable bonds is 2. The number of carbonyl (C=O) groups is 1. The first-order valence-corrected chi connectivity index (χ1v) is 4.82. The van der Waals surface area contributed by atoms with Gasteiger partial charge in [-0.25, -0.2) is 9.97 Å². The second-order valence-corrected chi connectivity index (χ2v) is 3.40. The van der Waals surface area contributed by atoms with Crippen LogP contribution in [0.2, 0.25) is 0 Å². The number of pyridine rings is 1. The number of hydrogen-bond donors (Lipinski definition) is 1. The van der Waals surface area contributed by atoms with Crippen molar-refractivity contribution in [3.05, 3.63) is 41.7 Å². The van der Waals surface area contributed by atoms with Crippen LogP contribution in [0.4, 0.5) is 5.82 Å². The highest BCUT2D eigenvalue weighted by molar-refractivity contribution is 6.00. The molecule has 2 heterocycles. The Balaban J connectivity index is 2.17. The molecule has 0 aromatic carbocycles. The monoisotopic (exact) mass is 217 g/mol. The van der Waals surface area contributed by atoms with Crippen LogP contribution in [-0.2, 0) is 0 Å². The number of hydrogen-bond acceptors (Lipinski definition) is 4. The van der Waals surface area contributed by atoms with Crippen molar-refractivity contribution >= 4 is 11.7 Å². The maximum atomic E-state index is 11.7. The van der Waals surface area contributed by atoms with E-state index in [1.165, 1.54) is 6.20 Å². The topological polar surface area (TPSA) is 68.0 Å². The highest BCUT2D eigenvalue weighted by Crippen LogP contribution is 2.11. The summed E-state index contributed by atoms with van der Waals surface area (Å²) >= 11 is 0. The van der Waals surface area contributed by atoms with Crippen molar-refractivity contribution in [3.63, 3.8) is 0 Å². The number of nitrogens with zero attached hydrogens (tertiary/aromatic N) is 2. The molecule has 0 unspecified atom stereocenters. The summed E-state index contributed by atoms with van der Waals surface area (Å²) in [7, 11) is 0. The number of aromatic nitrogens is 2. The molecule has 0 atom stereocenters. The van der Waals surface area contributed by atoms with Crippen LogP contribution in [0.1, 0.15) is 22.0 Å². The molecule has 5 nitrogen and oxygen atoms in total. The average Bonchev–Trinajstić information content (AvgIpc) is 2.68. The van der Waals surface area contributed by atoms with Crippen molar-refractivity contribution in [3.8, 4) is 0 Å². The summed E-state index contributed by atoms with van der Waals surface area (Å²) < 4.78 is 5.11. The Morgan fingerprint density at radius 2 is 2.19 bits per heavy atom. The van der Waals surface area contributed by atoms with Crippen molar-refractivity contribution in [2.75, 3.05) is 5.32 Å². The third-order valence-electron chi connectivity index (χ3n) is 2.06. The molecule has 2 rings (SSSR count). The predicted octanol–water partition coefficient (Wildman–Crippen LogP) is 1.94. The van der Waals surface area contributed by atoms with Gasteiger partial charge in [0.15, 0.2) is 0 Å².